The third-order valence-electron chi connectivity index (χ3n) is 5.73. The molecule has 2 N–H and O–H groups in total. The Bertz CT molecular complexity index is 1420. The van der Waals surface area contributed by atoms with Gasteiger partial charge in [-0.25, -0.2) is 4.79 Å². The molecule has 0 aromatic carbocycles. The van der Waals surface area contributed by atoms with Crippen molar-refractivity contribution in [3.8, 4) is 11.3 Å². The van der Waals surface area contributed by atoms with Gasteiger partial charge in [0.1, 0.15) is 0 Å². The second-order valence-corrected chi connectivity index (χ2v) is 8.15. The standard InChI is InChI=1S/C23H19ClN4O3/c1-13-8-16(10-19-22(13)17-5-6-27(23(30)31)12-20(17)26-19)28-7-4-14(9-21(28)29)18-3-2-15(24)11-25-18/h2-4,7-13,26H,5-6H2,1H3,(H,30,31). The van der Waals surface area contributed by atoms with Gasteiger partial charge in [-0.15, -0.1) is 0 Å². The van der Waals surface area contributed by atoms with E-state index in [0.717, 1.165) is 33.1 Å². The van der Waals surface area contributed by atoms with E-state index in [-0.39, 0.29) is 11.5 Å². The SMILES string of the molecule is CC1C=C(n2ccc(-c3ccc(Cl)cn3)cc2=O)C=c2[nH]c3c(c21)CCN(C(=O)O)C=3. The average Bonchev–Trinajstić information content (AvgIpc) is 3.12. The van der Waals surface area contributed by atoms with Gasteiger partial charge in [0, 0.05) is 53.7 Å². The van der Waals surface area contributed by atoms with E-state index in [0.29, 0.717) is 23.7 Å². The maximum Gasteiger partial charge on any atom is 0.411 e. The number of aromatic nitrogens is 3. The third-order valence-corrected chi connectivity index (χ3v) is 5.96. The first kappa shape index (κ1) is 19.4. The molecule has 3 aromatic rings. The van der Waals surface area contributed by atoms with Gasteiger partial charge in [0.25, 0.3) is 5.56 Å². The van der Waals surface area contributed by atoms with Crippen molar-refractivity contribution < 1.29 is 9.90 Å². The summed E-state index contributed by atoms with van der Waals surface area (Å²) in [6, 6.07) is 6.93. The van der Waals surface area contributed by atoms with E-state index in [1.807, 2.05) is 12.1 Å². The number of H-pyrrole nitrogens is 1. The van der Waals surface area contributed by atoms with Crippen LogP contribution in [-0.4, -0.2) is 37.2 Å². The molecule has 0 saturated heterocycles. The molecule has 0 bridgehead atoms. The molecule has 156 valence electrons. The molecule has 1 atom stereocenters. The molecule has 8 heteroatoms. The largest absolute Gasteiger partial charge is 0.465 e. The van der Waals surface area contributed by atoms with E-state index >= 15 is 0 Å². The maximum atomic E-state index is 12.9. The highest BCUT2D eigenvalue weighted by Crippen LogP contribution is 2.25. The van der Waals surface area contributed by atoms with Crippen LogP contribution in [0, 0.1) is 0 Å². The molecule has 0 saturated carbocycles. The van der Waals surface area contributed by atoms with Gasteiger partial charge in [0.15, 0.2) is 0 Å². The number of allylic oxidation sites excluding steroid dienone is 2. The first-order valence-electron chi connectivity index (χ1n) is 9.91. The number of halogens is 1. The van der Waals surface area contributed by atoms with Crippen molar-refractivity contribution >= 4 is 35.7 Å². The molecular weight excluding hydrogens is 416 g/mol. The normalized spacial score (nSPS) is 17.2. The molecule has 2 aliphatic rings. The van der Waals surface area contributed by atoms with Crippen molar-refractivity contribution in [3.05, 3.63) is 79.9 Å². The number of aromatic amines is 1. The van der Waals surface area contributed by atoms with Crippen molar-refractivity contribution in [1.82, 2.24) is 19.4 Å². The molecule has 1 amide bonds. The number of amides is 1. The summed E-state index contributed by atoms with van der Waals surface area (Å²) in [4.78, 5) is 33.1. The molecule has 1 aliphatic heterocycles. The number of carboxylic acid groups (broad SMARTS) is 1. The van der Waals surface area contributed by atoms with Crippen LogP contribution in [0.15, 0.2) is 47.5 Å². The van der Waals surface area contributed by atoms with E-state index in [9.17, 15) is 14.7 Å². The van der Waals surface area contributed by atoms with E-state index < -0.39 is 6.09 Å². The van der Waals surface area contributed by atoms with Crippen LogP contribution in [0.25, 0.3) is 29.2 Å². The van der Waals surface area contributed by atoms with Crippen molar-refractivity contribution in [2.75, 3.05) is 6.54 Å². The molecule has 1 unspecified atom stereocenters. The zero-order valence-corrected chi connectivity index (χ0v) is 17.4. The predicted molar refractivity (Wildman–Crippen MR) is 119 cm³/mol. The van der Waals surface area contributed by atoms with Crippen LogP contribution in [0.5, 0.6) is 0 Å². The predicted octanol–water partition coefficient (Wildman–Crippen LogP) is 2.60. The molecule has 7 nitrogen and oxygen atoms in total. The number of fused-ring (bicyclic) bond motifs is 3. The van der Waals surface area contributed by atoms with Crippen LogP contribution in [0.1, 0.15) is 24.0 Å². The third kappa shape index (κ3) is 3.37. The highest BCUT2D eigenvalue weighted by Gasteiger charge is 2.23. The Balaban J connectivity index is 1.56. The lowest BCUT2D eigenvalue weighted by Gasteiger charge is -2.20. The van der Waals surface area contributed by atoms with Crippen LogP contribution < -0.4 is 16.3 Å². The molecule has 0 spiro atoms. The first-order chi connectivity index (χ1) is 14.9. The fourth-order valence-corrected chi connectivity index (χ4v) is 4.41. The van der Waals surface area contributed by atoms with Crippen molar-refractivity contribution in [3.63, 3.8) is 0 Å². The van der Waals surface area contributed by atoms with E-state index in [2.05, 4.69) is 23.0 Å². The number of hydrogen-bond donors (Lipinski definition) is 2. The van der Waals surface area contributed by atoms with Gasteiger partial charge in [-0.2, -0.15) is 0 Å². The summed E-state index contributed by atoms with van der Waals surface area (Å²) < 4.78 is 1.60. The van der Waals surface area contributed by atoms with Crippen molar-refractivity contribution in [2.45, 2.75) is 19.3 Å². The van der Waals surface area contributed by atoms with Crippen molar-refractivity contribution in [1.29, 1.82) is 0 Å². The first-order valence-corrected chi connectivity index (χ1v) is 10.3. The van der Waals surface area contributed by atoms with Gasteiger partial charge in [-0.05, 0) is 41.8 Å². The number of rotatable bonds is 2. The number of nitrogens with one attached hydrogen (secondary N) is 1. The van der Waals surface area contributed by atoms with Crippen LogP contribution in [0.3, 0.4) is 0 Å². The number of nitrogens with zero attached hydrogens (tertiary/aromatic N) is 3. The summed E-state index contributed by atoms with van der Waals surface area (Å²) in [7, 11) is 0. The van der Waals surface area contributed by atoms with E-state index in [4.69, 9.17) is 11.6 Å². The van der Waals surface area contributed by atoms with Gasteiger partial charge in [-0.3, -0.25) is 19.2 Å². The fraction of sp³-hybridized carbons (Fsp3) is 0.174. The second-order valence-electron chi connectivity index (χ2n) is 7.71. The molecule has 1 aliphatic carbocycles. The van der Waals surface area contributed by atoms with Crippen molar-refractivity contribution in [2.24, 2.45) is 0 Å². The fourth-order valence-electron chi connectivity index (χ4n) is 4.30. The monoisotopic (exact) mass is 434 g/mol. The van der Waals surface area contributed by atoms with E-state index in [1.165, 1.54) is 4.90 Å². The Kier molecular flexibility index (Phi) is 4.55. The number of carbonyl (C=O) groups is 1. The molecule has 0 radical (unpaired) electrons. The summed E-state index contributed by atoms with van der Waals surface area (Å²) in [5, 5.41) is 11.5. The lowest BCUT2D eigenvalue weighted by molar-refractivity contribution is 0.167. The maximum absolute atomic E-state index is 12.9. The van der Waals surface area contributed by atoms with Gasteiger partial charge >= 0.3 is 6.09 Å². The quantitative estimate of drug-likeness (QED) is 0.648. The molecular formula is C23H19ClN4O3. The highest BCUT2D eigenvalue weighted by molar-refractivity contribution is 6.30. The number of pyridine rings is 2. The second kappa shape index (κ2) is 7.28. The Morgan fingerprint density at radius 1 is 1.29 bits per heavy atom. The van der Waals surface area contributed by atoms with Gasteiger partial charge < -0.3 is 10.1 Å². The van der Waals surface area contributed by atoms with Crippen LogP contribution in [-0.2, 0) is 6.42 Å². The van der Waals surface area contributed by atoms with Crippen LogP contribution in [0.4, 0.5) is 4.79 Å². The average molecular weight is 435 g/mol. The van der Waals surface area contributed by atoms with Gasteiger partial charge in [-0.1, -0.05) is 24.6 Å². The molecule has 31 heavy (non-hydrogen) atoms. The number of hydrogen-bond acceptors (Lipinski definition) is 3. The minimum Gasteiger partial charge on any atom is -0.465 e. The Hall–Kier alpha value is -3.58. The minimum atomic E-state index is -0.962. The zero-order chi connectivity index (χ0) is 21.7. The summed E-state index contributed by atoms with van der Waals surface area (Å²) in [5.41, 5.74) is 4.32. The Morgan fingerprint density at radius 2 is 2.13 bits per heavy atom. The zero-order valence-electron chi connectivity index (χ0n) is 16.7. The van der Waals surface area contributed by atoms with Crippen LogP contribution >= 0.6 is 11.6 Å². The summed E-state index contributed by atoms with van der Waals surface area (Å²) >= 11 is 5.90. The Morgan fingerprint density at radius 3 is 2.84 bits per heavy atom. The minimum absolute atomic E-state index is 0.0873. The summed E-state index contributed by atoms with van der Waals surface area (Å²) in [6.45, 7) is 2.52. The lowest BCUT2D eigenvalue weighted by Crippen LogP contribution is -2.34. The van der Waals surface area contributed by atoms with Gasteiger partial charge in [0.2, 0.25) is 0 Å². The van der Waals surface area contributed by atoms with Gasteiger partial charge in [0.05, 0.1) is 16.1 Å². The summed E-state index contributed by atoms with van der Waals surface area (Å²) in [5.74, 6) is 0.0873. The molecule has 0 fully saturated rings. The lowest BCUT2D eigenvalue weighted by atomic mass is 9.92. The topological polar surface area (TPSA) is 91.2 Å². The molecule has 5 rings (SSSR count). The van der Waals surface area contributed by atoms with E-state index in [1.54, 1.807) is 41.4 Å². The smallest absolute Gasteiger partial charge is 0.411 e. The molecule has 3 aromatic heterocycles. The molecule has 4 heterocycles. The Labute approximate surface area is 182 Å². The summed E-state index contributed by atoms with van der Waals surface area (Å²) in [6.07, 6.45) is 8.63. The highest BCUT2D eigenvalue weighted by atomic mass is 35.5. The van der Waals surface area contributed by atoms with Crippen LogP contribution in [0.2, 0.25) is 5.02 Å².